The summed E-state index contributed by atoms with van der Waals surface area (Å²) in [5, 5.41) is 3.20. The van der Waals surface area contributed by atoms with E-state index in [1.807, 2.05) is 0 Å². The summed E-state index contributed by atoms with van der Waals surface area (Å²) in [6.45, 7) is 5.10. The van der Waals surface area contributed by atoms with E-state index >= 15 is 0 Å². The van der Waals surface area contributed by atoms with E-state index in [4.69, 9.17) is 9.47 Å². The normalized spacial score (nSPS) is 19.7. The van der Waals surface area contributed by atoms with Crippen molar-refractivity contribution in [3.05, 3.63) is 0 Å². The first-order chi connectivity index (χ1) is 8.83. The molecule has 4 nitrogen and oxygen atoms in total. The fourth-order valence-electron chi connectivity index (χ4n) is 2.06. The zero-order chi connectivity index (χ0) is 13.1. The van der Waals surface area contributed by atoms with Gasteiger partial charge in [0.15, 0.2) is 0 Å². The predicted molar refractivity (Wildman–Crippen MR) is 71.6 cm³/mol. The molecule has 0 aromatic carbocycles. The Kier molecular flexibility index (Phi) is 8.86. The van der Waals surface area contributed by atoms with Gasteiger partial charge in [0.05, 0.1) is 25.7 Å². The minimum absolute atomic E-state index is 0.00388. The van der Waals surface area contributed by atoms with Crippen molar-refractivity contribution in [1.82, 2.24) is 5.32 Å². The molecule has 0 aliphatic carbocycles. The topological polar surface area (TPSA) is 47.6 Å². The van der Waals surface area contributed by atoms with Gasteiger partial charge < -0.3 is 14.8 Å². The lowest BCUT2D eigenvalue weighted by molar-refractivity contribution is -0.147. The fraction of sp³-hybridized carbons (Fsp3) is 0.929. The monoisotopic (exact) mass is 257 g/mol. The molecule has 1 aliphatic heterocycles. The van der Waals surface area contributed by atoms with E-state index in [9.17, 15) is 4.79 Å². The summed E-state index contributed by atoms with van der Waals surface area (Å²) < 4.78 is 10.7. The number of carbonyl (C=O) groups is 1. The number of rotatable bonds is 9. The summed E-state index contributed by atoms with van der Waals surface area (Å²) in [6.07, 6.45) is 7.65. The van der Waals surface area contributed by atoms with Gasteiger partial charge in [-0.2, -0.15) is 0 Å². The molecule has 1 N–H and O–H groups in total. The Hall–Kier alpha value is -0.610. The molecular weight excluding hydrogens is 230 g/mol. The smallest absolute Gasteiger partial charge is 0.308 e. The number of nitrogens with one attached hydrogen (secondary N) is 1. The van der Waals surface area contributed by atoms with Crippen LogP contribution in [0.4, 0.5) is 0 Å². The van der Waals surface area contributed by atoms with Crippen molar-refractivity contribution in [2.75, 3.05) is 26.3 Å². The van der Waals surface area contributed by atoms with Gasteiger partial charge in [0.2, 0.25) is 0 Å². The number of morpholine rings is 1. The molecule has 1 atom stereocenters. The molecular formula is C14H27NO3. The molecule has 1 fully saturated rings. The number of ether oxygens (including phenoxy) is 2. The van der Waals surface area contributed by atoms with E-state index < -0.39 is 0 Å². The summed E-state index contributed by atoms with van der Waals surface area (Å²) in [6, 6.07) is 0. The molecule has 1 aliphatic rings. The second kappa shape index (κ2) is 10.3. The van der Waals surface area contributed by atoms with E-state index in [0.717, 1.165) is 25.9 Å². The van der Waals surface area contributed by atoms with E-state index in [1.54, 1.807) is 0 Å². The van der Waals surface area contributed by atoms with E-state index in [2.05, 4.69) is 12.2 Å². The van der Waals surface area contributed by atoms with Crippen LogP contribution in [0.3, 0.4) is 0 Å². The average molecular weight is 257 g/mol. The van der Waals surface area contributed by atoms with Crippen molar-refractivity contribution < 1.29 is 14.3 Å². The Bertz CT molecular complexity index is 215. The van der Waals surface area contributed by atoms with Crippen LogP contribution in [-0.2, 0) is 14.3 Å². The van der Waals surface area contributed by atoms with Gasteiger partial charge in [-0.15, -0.1) is 0 Å². The fourth-order valence-corrected chi connectivity index (χ4v) is 2.06. The highest BCUT2D eigenvalue weighted by Gasteiger charge is 2.17. The van der Waals surface area contributed by atoms with E-state index in [1.165, 1.54) is 25.7 Å². The summed E-state index contributed by atoms with van der Waals surface area (Å²) >= 11 is 0. The van der Waals surface area contributed by atoms with Gasteiger partial charge in [0, 0.05) is 13.1 Å². The number of hydrogen-bond acceptors (Lipinski definition) is 4. The first kappa shape index (κ1) is 15.4. The molecule has 1 heterocycles. The number of esters is 1. The third kappa shape index (κ3) is 7.67. The SMILES string of the molecule is CCCCCCCCOC(=O)CC1CNCCO1. The van der Waals surface area contributed by atoms with Crippen molar-refractivity contribution in [3.8, 4) is 0 Å². The lowest BCUT2D eigenvalue weighted by Gasteiger charge is -2.22. The number of carbonyl (C=O) groups excluding carboxylic acids is 1. The molecule has 4 heteroatoms. The highest BCUT2D eigenvalue weighted by atomic mass is 16.5. The van der Waals surface area contributed by atoms with Gasteiger partial charge in [-0.3, -0.25) is 4.79 Å². The lowest BCUT2D eigenvalue weighted by atomic mass is 10.1. The Labute approximate surface area is 110 Å². The van der Waals surface area contributed by atoms with Gasteiger partial charge in [-0.25, -0.2) is 0 Å². The average Bonchev–Trinajstić information content (AvgIpc) is 2.39. The Balaban J connectivity index is 1.90. The third-order valence-electron chi connectivity index (χ3n) is 3.16. The Morgan fingerprint density at radius 3 is 2.78 bits per heavy atom. The van der Waals surface area contributed by atoms with Crippen molar-refractivity contribution >= 4 is 5.97 Å². The second-order valence-electron chi connectivity index (χ2n) is 4.89. The maximum atomic E-state index is 11.5. The standard InChI is InChI=1S/C14H27NO3/c1-2-3-4-5-6-7-9-18-14(16)11-13-12-15-8-10-17-13/h13,15H,2-12H2,1H3. The van der Waals surface area contributed by atoms with Crippen molar-refractivity contribution in [2.45, 2.75) is 58.0 Å². The first-order valence-electron chi connectivity index (χ1n) is 7.31. The lowest BCUT2D eigenvalue weighted by Crippen LogP contribution is -2.39. The number of hydrogen-bond donors (Lipinski definition) is 1. The Morgan fingerprint density at radius 2 is 2.06 bits per heavy atom. The molecule has 0 amide bonds. The zero-order valence-electron chi connectivity index (χ0n) is 11.6. The summed E-state index contributed by atoms with van der Waals surface area (Å²) in [5.41, 5.74) is 0. The Morgan fingerprint density at radius 1 is 1.28 bits per heavy atom. The maximum Gasteiger partial charge on any atom is 0.308 e. The molecule has 1 unspecified atom stereocenters. The van der Waals surface area contributed by atoms with Gasteiger partial charge in [-0.05, 0) is 6.42 Å². The molecule has 18 heavy (non-hydrogen) atoms. The van der Waals surface area contributed by atoms with Crippen molar-refractivity contribution in [2.24, 2.45) is 0 Å². The van der Waals surface area contributed by atoms with Crippen LogP contribution in [0.1, 0.15) is 51.9 Å². The summed E-state index contributed by atoms with van der Waals surface area (Å²) in [5.74, 6) is -0.128. The summed E-state index contributed by atoms with van der Waals surface area (Å²) in [7, 11) is 0. The van der Waals surface area contributed by atoms with Crippen LogP contribution < -0.4 is 5.32 Å². The quantitative estimate of drug-likeness (QED) is 0.508. The van der Waals surface area contributed by atoms with Crippen LogP contribution in [0.15, 0.2) is 0 Å². The molecule has 0 aromatic rings. The third-order valence-corrected chi connectivity index (χ3v) is 3.16. The molecule has 0 bridgehead atoms. The molecule has 0 spiro atoms. The van der Waals surface area contributed by atoms with E-state index in [-0.39, 0.29) is 12.1 Å². The maximum absolute atomic E-state index is 11.5. The van der Waals surface area contributed by atoms with E-state index in [0.29, 0.717) is 19.6 Å². The van der Waals surface area contributed by atoms with Crippen LogP contribution in [0.2, 0.25) is 0 Å². The highest BCUT2D eigenvalue weighted by Crippen LogP contribution is 2.06. The van der Waals surface area contributed by atoms with Gasteiger partial charge in [-0.1, -0.05) is 39.0 Å². The number of unbranched alkanes of at least 4 members (excludes halogenated alkanes) is 5. The first-order valence-corrected chi connectivity index (χ1v) is 7.31. The minimum atomic E-state index is -0.128. The highest BCUT2D eigenvalue weighted by molar-refractivity contribution is 5.70. The van der Waals surface area contributed by atoms with Crippen LogP contribution in [-0.4, -0.2) is 38.4 Å². The van der Waals surface area contributed by atoms with Crippen molar-refractivity contribution in [3.63, 3.8) is 0 Å². The molecule has 0 radical (unpaired) electrons. The summed E-state index contributed by atoms with van der Waals surface area (Å²) in [4.78, 5) is 11.5. The van der Waals surface area contributed by atoms with Crippen molar-refractivity contribution in [1.29, 1.82) is 0 Å². The molecule has 106 valence electrons. The van der Waals surface area contributed by atoms with Crippen LogP contribution >= 0.6 is 0 Å². The largest absolute Gasteiger partial charge is 0.466 e. The van der Waals surface area contributed by atoms with Gasteiger partial charge >= 0.3 is 5.97 Å². The zero-order valence-corrected chi connectivity index (χ0v) is 11.6. The minimum Gasteiger partial charge on any atom is -0.466 e. The molecule has 1 rings (SSSR count). The van der Waals surface area contributed by atoms with Gasteiger partial charge in [0.25, 0.3) is 0 Å². The van der Waals surface area contributed by atoms with Gasteiger partial charge in [0.1, 0.15) is 0 Å². The predicted octanol–water partition coefficient (Wildman–Crippen LogP) is 2.27. The molecule has 1 saturated heterocycles. The molecule has 0 aromatic heterocycles. The van der Waals surface area contributed by atoms with Crippen LogP contribution in [0.5, 0.6) is 0 Å². The molecule has 0 saturated carbocycles. The second-order valence-corrected chi connectivity index (χ2v) is 4.89. The van der Waals surface area contributed by atoms with Crippen LogP contribution in [0.25, 0.3) is 0 Å². The van der Waals surface area contributed by atoms with Crippen LogP contribution in [0, 0.1) is 0 Å².